The highest BCUT2D eigenvalue weighted by molar-refractivity contribution is 7.92. The lowest BCUT2D eigenvalue weighted by Gasteiger charge is -2.54. The normalized spacial score (nSPS) is 26.5. The van der Waals surface area contributed by atoms with E-state index in [1.807, 2.05) is 19.1 Å². The standard InChI is InChI=1S/C30H32N2O3S/c1-19-6-12-26(13-7-19)36(34,35)32-28-5-3-2-4-27(28)30(33)31-25-10-8-22(9-11-25)29-23-15-20-14-21(17-23)18-24(29)16-20/h2-13,20-21,23-24,29,32H,14-18H2,1H3,(H,31,33). The van der Waals surface area contributed by atoms with Crippen molar-refractivity contribution in [3.8, 4) is 0 Å². The number of sulfonamides is 1. The summed E-state index contributed by atoms with van der Waals surface area (Å²) in [4.78, 5) is 13.3. The van der Waals surface area contributed by atoms with Crippen LogP contribution in [-0.4, -0.2) is 14.3 Å². The molecule has 4 bridgehead atoms. The summed E-state index contributed by atoms with van der Waals surface area (Å²) in [5, 5.41) is 2.95. The van der Waals surface area contributed by atoms with Crippen molar-refractivity contribution in [2.45, 2.75) is 49.8 Å². The van der Waals surface area contributed by atoms with Crippen molar-refractivity contribution < 1.29 is 13.2 Å². The molecule has 1 amide bonds. The van der Waals surface area contributed by atoms with Gasteiger partial charge in [-0.25, -0.2) is 8.42 Å². The summed E-state index contributed by atoms with van der Waals surface area (Å²) in [5.41, 5.74) is 3.61. The molecule has 0 spiro atoms. The van der Waals surface area contributed by atoms with Gasteiger partial charge in [0.2, 0.25) is 0 Å². The minimum Gasteiger partial charge on any atom is -0.322 e. The summed E-state index contributed by atoms with van der Waals surface area (Å²) in [6.45, 7) is 1.90. The maximum absolute atomic E-state index is 13.1. The summed E-state index contributed by atoms with van der Waals surface area (Å²) < 4.78 is 28.4. The number of carbonyl (C=O) groups excluding carboxylic acids is 1. The highest BCUT2D eigenvalue weighted by atomic mass is 32.2. The Bertz CT molecular complexity index is 1350. The molecule has 0 heterocycles. The monoisotopic (exact) mass is 500 g/mol. The number of hydrogen-bond donors (Lipinski definition) is 2. The lowest BCUT2D eigenvalue weighted by atomic mass is 9.51. The largest absolute Gasteiger partial charge is 0.322 e. The topological polar surface area (TPSA) is 75.3 Å². The van der Waals surface area contributed by atoms with Crippen molar-refractivity contribution in [2.75, 3.05) is 10.0 Å². The molecule has 5 nitrogen and oxygen atoms in total. The Morgan fingerprint density at radius 2 is 1.39 bits per heavy atom. The van der Waals surface area contributed by atoms with Crippen LogP contribution in [0.15, 0.2) is 77.7 Å². The van der Waals surface area contributed by atoms with Crippen LogP contribution in [0.3, 0.4) is 0 Å². The lowest BCUT2D eigenvalue weighted by molar-refractivity contribution is -0.00277. The second-order valence-corrected chi connectivity index (χ2v) is 12.7. The fourth-order valence-corrected chi connectivity index (χ4v) is 8.23. The quantitative estimate of drug-likeness (QED) is 0.401. The molecular weight excluding hydrogens is 468 g/mol. The van der Waals surface area contributed by atoms with Crippen LogP contribution in [0.25, 0.3) is 0 Å². The van der Waals surface area contributed by atoms with Crippen molar-refractivity contribution in [3.05, 3.63) is 89.5 Å². The Kier molecular flexibility index (Phi) is 5.87. The number of hydrogen-bond acceptors (Lipinski definition) is 3. The summed E-state index contributed by atoms with van der Waals surface area (Å²) in [5.74, 6) is 3.83. The number of para-hydroxylation sites is 1. The second kappa shape index (κ2) is 9.07. The molecule has 186 valence electrons. The van der Waals surface area contributed by atoms with E-state index in [4.69, 9.17) is 0 Å². The van der Waals surface area contributed by atoms with Crippen LogP contribution in [0, 0.1) is 30.6 Å². The van der Waals surface area contributed by atoms with Crippen LogP contribution in [0.5, 0.6) is 0 Å². The fraction of sp³-hybridized carbons (Fsp3) is 0.367. The number of aryl methyl sites for hydroxylation is 1. The smallest absolute Gasteiger partial charge is 0.261 e. The summed E-state index contributed by atoms with van der Waals surface area (Å²) in [6, 6.07) is 21.6. The van der Waals surface area contributed by atoms with E-state index in [0.717, 1.165) is 29.2 Å². The Balaban J connectivity index is 1.17. The van der Waals surface area contributed by atoms with Gasteiger partial charge in [0.25, 0.3) is 15.9 Å². The van der Waals surface area contributed by atoms with Crippen LogP contribution in [0.4, 0.5) is 11.4 Å². The second-order valence-electron chi connectivity index (χ2n) is 11.0. The molecule has 7 rings (SSSR count). The van der Waals surface area contributed by atoms with Crippen LogP contribution in [-0.2, 0) is 10.0 Å². The van der Waals surface area contributed by atoms with Gasteiger partial charge < -0.3 is 5.32 Å². The minimum absolute atomic E-state index is 0.156. The number of carbonyl (C=O) groups is 1. The number of rotatable bonds is 6. The third-order valence-electron chi connectivity index (χ3n) is 8.53. The van der Waals surface area contributed by atoms with Gasteiger partial charge in [-0.3, -0.25) is 9.52 Å². The number of nitrogens with one attached hydrogen (secondary N) is 2. The maximum Gasteiger partial charge on any atom is 0.261 e. The molecule has 0 radical (unpaired) electrons. The molecule has 4 saturated carbocycles. The van der Waals surface area contributed by atoms with E-state index in [1.165, 1.54) is 37.7 Å². The molecule has 0 aliphatic heterocycles. The highest BCUT2D eigenvalue weighted by Gasteiger charge is 2.48. The number of anilines is 2. The molecule has 36 heavy (non-hydrogen) atoms. The molecule has 0 unspecified atom stereocenters. The maximum atomic E-state index is 13.1. The van der Waals surface area contributed by atoms with Crippen molar-refractivity contribution in [3.63, 3.8) is 0 Å². The molecule has 2 N–H and O–H groups in total. The van der Waals surface area contributed by atoms with Gasteiger partial charge in [-0.1, -0.05) is 42.0 Å². The summed E-state index contributed by atoms with van der Waals surface area (Å²) in [7, 11) is -3.82. The molecule has 4 fully saturated rings. The third kappa shape index (κ3) is 4.43. The SMILES string of the molecule is Cc1ccc(S(=O)(=O)Nc2ccccc2C(=O)Nc2ccc(C3C4CC5CC(C4)CC3C5)cc2)cc1. The van der Waals surface area contributed by atoms with E-state index in [-0.39, 0.29) is 22.1 Å². The van der Waals surface area contributed by atoms with Gasteiger partial charge in [0.1, 0.15) is 0 Å². The Hall–Kier alpha value is -3.12. The average Bonchev–Trinajstić information content (AvgIpc) is 2.85. The first kappa shape index (κ1) is 23.3. The van der Waals surface area contributed by atoms with E-state index in [0.29, 0.717) is 11.6 Å². The lowest BCUT2D eigenvalue weighted by Crippen LogP contribution is -2.43. The van der Waals surface area contributed by atoms with Crippen molar-refractivity contribution in [1.29, 1.82) is 0 Å². The van der Waals surface area contributed by atoms with E-state index in [2.05, 4.69) is 22.2 Å². The van der Waals surface area contributed by atoms with E-state index >= 15 is 0 Å². The van der Waals surface area contributed by atoms with Gasteiger partial charge in [0.15, 0.2) is 0 Å². The summed E-state index contributed by atoms with van der Waals surface area (Å²) >= 11 is 0. The average molecular weight is 501 g/mol. The first-order valence-corrected chi connectivity index (χ1v) is 14.4. The molecule has 4 aliphatic rings. The zero-order chi connectivity index (χ0) is 24.9. The van der Waals surface area contributed by atoms with Gasteiger partial charge >= 0.3 is 0 Å². The molecule has 6 heteroatoms. The van der Waals surface area contributed by atoms with Crippen molar-refractivity contribution >= 4 is 27.3 Å². The Morgan fingerprint density at radius 1 is 0.778 bits per heavy atom. The van der Waals surface area contributed by atoms with Crippen molar-refractivity contribution in [2.24, 2.45) is 23.7 Å². The van der Waals surface area contributed by atoms with Gasteiger partial charge in [-0.2, -0.15) is 0 Å². The van der Waals surface area contributed by atoms with E-state index in [1.54, 1.807) is 48.5 Å². The molecule has 0 aromatic heterocycles. The number of benzene rings is 3. The molecular formula is C30H32N2O3S. The third-order valence-corrected chi connectivity index (χ3v) is 9.91. The van der Waals surface area contributed by atoms with E-state index < -0.39 is 10.0 Å². The molecule has 3 aromatic carbocycles. The highest BCUT2D eigenvalue weighted by Crippen LogP contribution is 2.59. The molecule has 4 aliphatic carbocycles. The molecule has 0 saturated heterocycles. The molecule has 0 atom stereocenters. The van der Waals surface area contributed by atoms with Gasteiger partial charge in [-0.15, -0.1) is 0 Å². The van der Waals surface area contributed by atoms with Gasteiger partial charge in [-0.05, 0) is 111 Å². The van der Waals surface area contributed by atoms with Crippen LogP contribution < -0.4 is 10.0 Å². The predicted molar refractivity (Wildman–Crippen MR) is 143 cm³/mol. The van der Waals surface area contributed by atoms with Gasteiger partial charge in [0, 0.05) is 5.69 Å². The Labute approximate surface area is 213 Å². The van der Waals surface area contributed by atoms with Crippen LogP contribution in [0.1, 0.15) is 59.5 Å². The zero-order valence-electron chi connectivity index (χ0n) is 20.5. The predicted octanol–water partition coefficient (Wildman–Crippen LogP) is 6.59. The van der Waals surface area contributed by atoms with Gasteiger partial charge in [0.05, 0.1) is 16.1 Å². The minimum atomic E-state index is -3.82. The first-order valence-electron chi connectivity index (χ1n) is 13.0. The molecule has 3 aromatic rings. The van der Waals surface area contributed by atoms with Crippen LogP contribution in [0.2, 0.25) is 0 Å². The van der Waals surface area contributed by atoms with Crippen molar-refractivity contribution in [1.82, 2.24) is 0 Å². The Morgan fingerprint density at radius 3 is 2.03 bits per heavy atom. The fourth-order valence-electron chi connectivity index (χ4n) is 7.15. The van der Waals surface area contributed by atoms with E-state index in [9.17, 15) is 13.2 Å². The van der Waals surface area contributed by atoms with Crippen LogP contribution >= 0.6 is 0 Å². The number of amides is 1. The zero-order valence-corrected chi connectivity index (χ0v) is 21.3. The first-order chi connectivity index (χ1) is 17.4. The summed E-state index contributed by atoms with van der Waals surface area (Å²) in [6.07, 6.45) is 6.97.